The molecule has 22 heavy (non-hydrogen) atoms. The predicted molar refractivity (Wildman–Crippen MR) is 91.4 cm³/mol. The number of para-hydroxylation sites is 2. The number of carbonyl (C=O) groups is 1. The van der Waals surface area contributed by atoms with E-state index in [1.807, 2.05) is 41.5 Å². The van der Waals surface area contributed by atoms with Crippen LogP contribution >= 0.6 is 27.3 Å². The summed E-state index contributed by atoms with van der Waals surface area (Å²) in [6.07, 6.45) is 0. The number of carbonyl (C=O) groups excluding carboxylic acids is 1. The molecule has 0 atom stereocenters. The third-order valence-corrected chi connectivity index (χ3v) is 5.74. The summed E-state index contributed by atoms with van der Waals surface area (Å²) in [5, 5.41) is 1.94. The van der Waals surface area contributed by atoms with Gasteiger partial charge in [-0.3, -0.25) is 4.79 Å². The fourth-order valence-electron chi connectivity index (χ4n) is 2.99. The van der Waals surface area contributed by atoms with Crippen LogP contribution in [0.2, 0.25) is 0 Å². The minimum absolute atomic E-state index is 0.119. The first-order valence-electron chi connectivity index (χ1n) is 7.10. The number of imidazole rings is 1. The van der Waals surface area contributed by atoms with E-state index in [9.17, 15) is 4.79 Å². The molecule has 4 rings (SSSR count). The van der Waals surface area contributed by atoms with Crippen LogP contribution in [0, 0.1) is 6.92 Å². The second kappa shape index (κ2) is 5.21. The molecule has 0 unspecified atom stereocenters. The summed E-state index contributed by atoms with van der Waals surface area (Å²) >= 11 is 4.88. The van der Waals surface area contributed by atoms with Crippen molar-refractivity contribution in [1.29, 1.82) is 0 Å². The lowest BCUT2D eigenvalue weighted by Gasteiger charge is -2.40. The van der Waals surface area contributed by atoms with Crippen LogP contribution in [0.15, 0.2) is 40.2 Å². The van der Waals surface area contributed by atoms with Crippen molar-refractivity contribution in [2.24, 2.45) is 0 Å². The van der Waals surface area contributed by atoms with E-state index in [2.05, 4.69) is 31.5 Å². The van der Waals surface area contributed by atoms with Crippen LogP contribution in [-0.2, 0) is 0 Å². The van der Waals surface area contributed by atoms with Crippen molar-refractivity contribution in [3.05, 3.63) is 50.9 Å². The van der Waals surface area contributed by atoms with Crippen LogP contribution in [0.4, 0.5) is 0 Å². The van der Waals surface area contributed by atoms with E-state index in [0.717, 1.165) is 39.3 Å². The van der Waals surface area contributed by atoms with Crippen molar-refractivity contribution in [2.75, 3.05) is 13.1 Å². The molecule has 0 saturated carbocycles. The predicted octanol–water partition coefficient (Wildman–Crippen LogP) is 3.87. The van der Waals surface area contributed by atoms with Crippen molar-refractivity contribution >= 4 is 44.2 Å². The Labute approximate surface area is 140 Å². The maximum absolute atomic E-state index is 12.4. The number of halogens is 1. The topological polar surface area (TPSA) is 38.1 Å². The molecule has 3 heterocycles. The Morgan fingerprint density at radius 3 is 2.86 bits per heavy atom. The number of hydrogen-bond acceptors (Lipinski definition) is 3. The van der Waals surface area contributed by atoms with Gasteiger partial charge in [-0.1, -0.05) is 12.1 Å². The Kier molecular flexibility index (Phi) is 3.31. The van der Waals surface area contributed by atoms with E-state index in [-0.39, 0.29) is 5.91 Å². The van der Waals surface area contributed by atoms with E-state index < -0.39 is 0 Å². The minimum atomic E-state index is 0.119. The first-order valence-corrected chi connectivity index (χ1v) is 8.77. The van der Waals surface area contributed by atoms with E-state index in [1.165, 1.54) is 11.3 Å². The van der Waals surface area contributed by atoms with Gasteiger partial charge < -0.3 is 9.47 Å². The second-order valence-electron chi connectivity index (χ2n) is 5.51. The van der Waals surface area contributed by atoms with Crippen molar-refractivity contribution in [3.8, 4) is 0 Å². The number of aryl methyl sites for hydroxylation is 1. The van der Waals surface area contributed by atoms with Gasteiger partial charge in [0.1, 0.15) is 5.82 Å². The lowest BCUT2D eigenvalue weighted by Crippen LogP contribution is -2.50. The van der Waals surface area contributed by atoms with Crippen molar-refractivity contribution < 1.29 is 4.79 Å². The number of likely N-dealkylation sites (tertiary alicyclic amines) is 1. The van der Waals surface area contributed by atoms with Gasteiger partial charge in [0.2, 0.25) is 0 Å². The summed E-state index contributed by atoms with van der Waals surface area (Å²) in [6.45, 7) is 3.52. The molecule has 0 aliphatic carbocycles. The number of fused-ring (bicyclic) bond motifs is 1. The van der Waals surface area contributed by atoms with Gasteiger partial charge in [0.15, 0.2) is 0 Å². The number of aromatic nitrogens is 2. The molecule has 1 saturated heterocycles. The second-order valence-corrected chi connectivity index (χ2v) is 7.34. The summed E-state index contributed by atoms with van der Waals surface area (Å²) in [5.41, 5.74) is 2.17. The minimum Gasteiger partial charge on any atom is -0.334 e. The number of amides is 1. The van der Waals surface area contributed by atoms with E-state index in [4.69, 9.17) is 0 Å². The quantitative estimate of drug-likeness (QED) is 0.681. The maximum atomic E-state index is 12.4. The van der Waals surface area contributed by atoms with Crippen LogP contribution in [-0.4, -0.2) is 33.4 Å². The Morgan fingerprint density at radius 1 is 1.36 bits per heavy atom. The van der Waals surface area contributed by atoms with E-state index >= 15 is 0 Å². The normalized spacial score (nSPS) is 15.3. The highest BCUT2D eigenvalue weighted by Crippen LogP contribution is 2.30. The molecule has 0 N–H and O–H groups in total. The van der Waals surface area contributed by atoms with Crippen LogP contribution < -0.4 is 0 Å². The van der Waals surface area contributed by atoms with Gasteiger partial charge in [0.25, 0.3) is 5.91 Å². The zero-order valence-electron chi connectivity index (χ0n) is 12.0. The molecule has 112 valence electrons. The SMILES string of the molecule is Cc1nc2ccccc2n1C1CN(C(=O)c2cc(Br)cs2)C1. The van der Waals surface area contributed by atoms with Crippen LogP contribution in [0.25, 0.3) is 11.0 Å². The van der Waals surface area contributed by atoms with E-state index in [1.54, 1.807) is 0 Å². The van der Waals surface area contributed by atoms with Crippen molar-refractivity contribution in [1.82, 2.24) is 14.5 Å². The molecule has 3 aromatic rings. The van der Waals surface area contributed by atoms with Crippen LogP contribution in [0.3, 0.4) is 0 Å². The summed E-state index contributed by atoms with van der Waals surface area (Å²) in [6, 6.07) is 10.4. The Hall–Kier alpha value is -1.66. The molecule has 2 aromatic heterocycles. The molecule has 1 aromatic carbocycles. The fourth-order valence-corrected chi connectivity index (χ4v) is 4.38. The molecular weight excluding hydrogens is 362 g/mol. The van der Waals surface area contributed by atoms with E-state index in [0.29, 0.717) is 6.04 Å². The zero-order valence-corrected chi connectivity index (χ0v) is 14.4. The van der Waals surface area contributed by atoms with Gasteiger partial charge >= 0.3 is 0 Å². The van der Waals surface area contributed by atoms with Gasteiger partial charge in [-0.25, -0.2) is 4.98 Å². The summed E-state index contributed by atoms with van der Waals surface area (Å²) in [5.74, 6) is 1.13. The third kappa shape index (κ3) is 2.18. The standard InChI is InChI=1S/C16H14BrN3OS/c1-10-18-13-4-2-3-5-14(13)20(10)12-7-19(8-12)16(21)15-6-11(17)9-22-15/h2-6,9,12H,7-8H2,1H3. The Balaban J connectivity index is 1.55. The number of hydrogen-bond donors (Lipinski definition) is 0. The number of rotatable bonds is 2. The van der Waals surface area contributed by atoms with Gasteiger partial charge in [-0.2, -0.15) is 0 Å². The molecule has 0 spiro atoms. The fraction of sp³-hybridized carbons (Fsp3) is 0.250. The summed E-state index contributed by atoms with van der Waals surface area (Å²) in [7, 11) is 0. The lowest BCUT2D eigenvalue weighted by atomic mass is 10.1. The average Bonchev–Trinajstić information content (AvgIpc) is 3.01. The molecule has 1 aliphatic rings. The van der Waals surface area contributed by atoms with Crippen LogP contribution in [0.5, 0.6) is 0 Å². The Morgan fingerprint density at radius 2 is 2.14 bits per heavy atom. The van der Waals surface area contributed by atoms with Crippen molar-refractivity contribution in [2.45, 2.75) is 13.0 Å². The number of thiophene rings is 1. The highest BCUT2D eigenvalue weighted by atomic mass is 79.9. The molecular formula is C16H14BrN3OS. The number of nitrogens with zero attached hydrogens (tertiary/aromatic N) is 3. The average molecular weight is 376 g/mol. The highest BCUT2D eigenvalue weighted by molar-refractivity contribution is 9.10. The monoisotopic (exact) mass is 375 g/mol. The van der Waals surface area contributed by atoms with Gasteiger partial charge in [0, 0.05) is 22.9 Å². The summed E-state index contributed by atoms with van der Waals surface area (Å²) in [4.78, 5) is 19.7. The van der Waals surface area contributed by atoms with Crippen LogP contribution in [0.1, 0.15) is 21.5 Å². The van der Waals surface area contributed by atoms with Crippen molar-refractivity contribution in [3.63, 3.8) is 0 Å². The molecule has 6 heteroatoms. The molecule has 0 radical (unpaired) electrons. The molecule has 1 amide bonds. The van der Waals surface area contributed by atoms with Gasteiger partial charge in [-0.05, 0) is 41.1 Å². The van der Waals surface area contributed by atoms with Gasteiger partial charge in [0.05, 0.1) is 22.0 Å². The summed E-state index contributed by atoms with van der Waals surface area (Å²) < 4.78 is 3.22. The first-order chi connectivity index (χ1) is 10.6. The zero-order chi connectivity index (χ0) is 15.3. The third-order valence-electron chi connectivity index (χ3n) is 4.07. The molecule has 4 nitrogen and oxygen atoms in total. The maximum Gasteiger partial charge on any atom is 0.264 e. The Bertz CT molecular complexity index is 863. The lowest BCUT2D eigenvalue weighted by molar-refractivity contribution is 0.0528. The smallest absolute Gasteiger partial charge is 0.264 e. The molecule has 1 fully saturated rings. The molecule has 0 bridgehead atoms. The number of benzene rings is 1. The van der Waals surface area contributed by atoms with Gasteiger partial charge in [-0.15, -0.1) is 11.3 Å². The molecule has 1 aliphatic heterocycles. The largest absolute Gasteiger partial charge is 0.334 e. The highest BCUT2D eigenvalue weighted by Gasteiger charge is 2.34. The first kappa shape index (κ1) is 14.0.